The molecule has 0 bridgehead atoms. The van der Waals surface area contributed by atoms with Gasteiger partial charge >= 0.3 is 0 Å². The first kappa shape index (κ1) is 18.9. The van der Waals surface area contributed by atoms with Gasteiger partial charge in [-0.2, -0.15) is 8.61 Å². The van der Waals surface area contributed by atoms with Gasteiger partial charge in [-0.05, 0) is 48.5 Å². The topological polar surface area (TPSA) is 74.8 Å². The number of rotatable bonds is 4. The van der Waals surface area contributed by atoms with E-state index < -0.39 is 31.7 Å². The monoisotopic (exact) mass is 402 g/mol. The first-order chi connectivity index (χ1) is 12.2. The SMILES string of the molecule is O=S(=O)(c1ccc(F)cc1)N1CCN(S(=O)(=O)c2ccc(F)cc2)CC1. The molecule has 6 nitrogen and oxygen atoms in total. The van der Waals surface area contributed by atoms with E-state index in [2.05, 4.69) is 0 Å². The summed E-state index contributed by atoms with van der Waals surface area (Å²) in [5.74, 6) is -1.08. The maximum atomic E-state index is 13.0. The van der Waals surface area contributed by atoms with Gasteiger partial charge in [0.05, 0.1) is 9.79 Å². The zero-order valence-corrected chi connectivity index (χ0v) is 15.2. The van der Waals surface area contributed by atoms with Gasteiger partial charge in [0, 0.05) is 26.2 Å². The van der Waals surface area contributed by atoms with Crippen molar-refractivity contribution in [3.63, 3.8) is 0 Å². The largest absolute Gasteiger partial charge is 0.243 e. The van der Waals surface area contributed by atoms with Gasteiger partial charge < -0.3 is 0 Å². The Morgan fingerprint density at radius 1 is 0.577 bits per heavy atom. The summed E-state index contributed by atoms with van der Waals surface area (Å²) >= 11 is 0. The number of nitrogens with zero attached hydrogens (tertiary/aromatic N) is 2. The van der Waals surface area contributed by atoms with Crippen molar-refractivity contribution in [3.8, 4) is 0 Å². The number of benzene rings is 2. The van der Waals surface area contributed by atoms with Crippen molar-refractivity contribution >= 4 is 20.0 Å². The molecule has 0 saturated carbocycles. The summed E-state index contributed by atoms with van der Waals surface area (Å²) in [4.78, 5) is -0.0949. The van der Waals surface area contributed by atoms with Crippen LogP contribution in [0.2, 0.25) is 0 Å². The molecule has 2 aromatic carbocycles. The van der Waals surface area contributed by atoms with E-state index in [-0.39, 0.29) is 36.0 Å². The summed E-state index contributed by atoms with van der Waals surface area (Å²) in [6.07, 6.45) is 0. The molecule has 1 aliphatic rings. The summed E-state index contributed by atoms with van der Waals surface area (Å²) in [7, 11) is -7.64. The third-order valence-corrected chi connectivity index (χ3v) is 7.93. The van der Waals surface area contributed by atoms with Gasteiger partial charge in [-0.15, -0.1) is 0 Å². The van der Waals surface area contributed by atoms with Gasteiger partial charge in [0.15, 0.2) is 0 Å². The Kier molecular flexibility index (Phi) is 5.11. The Morgan fingerprint density at radius 3 is 1.12 bits per heavy atom. The minimum absolute atomic E-state index is 0.0276. The molecule has 1 fully saturated rings. The normalized spacial score (nSPS) is 17.3. The van der Waals surface area contributed by atoms with Crippen LogP contribution in [0.3, 0.4) is 0 Å². The fourth-order valence-electron chi connectivity index (χ4n) is 2.66. The van der Waals surface area contributed by atoms with E-state index >= 15 is 0 Å². The van der Waals surface area contributed by atoms with Crippen molar-refractivity contribution in [2.24, 2.45) is 0 Å². The van der Waals surface area contributed by atoms with Gasteiger partial charge in [-0.25, -0.2) is 25.6 Å². The van der Waals surface area contributed by atoms with Crippen LogP contribution in [0.15, 0.2) is 58.3 Å². The Balaban J connectivity index is 1.74. The Morgan fingerprint density at radius 2 is 0.846 bits per heavy atom. The first-order valence-electron chi connectivity index (χ1n) is 7.73. The van der Waals surface area contributed by atoms with Crippen LogP contribution < -0.4 is 0 Å². The molecule has 0 spiro atoms. The van der Waals surface area contributed by atoms with E-state index in [1.165, 1.54) is 24.3 Å². The number of hydrogen-bond acceptors (Lipinski definition) is 4. The summed E-state index contributed by atoms with van der Waals surface area (Å²) in [5.41, 5.74) is 0. The summed E-state index contributed by atoms with van der Waals surface area (Å²) in [6, 6.07) is 8.92. The molecule has 1 heterocycles. The maximum absolute atomic E-state index is 13.0. The Bertz CT molecular complexity index is 900. The standard InChI is InChI=1S/C16H16F2N2O4S2/c17-13-1-5-15(6-2-13)25(21,22)19-9-11-20(12-10-19)26(23,24)16-7-3-14(18)4-8-16/h1-8H,9-12H2. The lowest BCUT2D eigenvalue weighted by Crippen LogP contribution is -2.50. The molecule has 10 heteroatoms. The summed E-state index contributed by atoms with van der Waals surface area (Å²) in [5, 5.41) is 0. The van der Waals surface area contributed by atoms with Crippen LogP contribution in [-0.2, 0) is 20.0 Å². The minimum Gasteiger partial charge on any atom is -0.207 e. The maximum Gasteiger partial charge on any atom is 0.243 e. The van der Waals surface area contributed by atoms with Gasteiger partial charge in [-0.3, -0.25) is 0 Å². The van der Waals surface area contributed by atoms with Gasteiger partial charge in [0.2, 0.25) is 20.0 Å². The molecule has 0 aliphatic carbocycles. The molecule has 0 amide bonds. The second kappa shape index (κ2) is 7.03. The molecule has 1 aliphatic heterocycles. The molecule has 0 atom stereocenters. The fraction of sp³-hybridized carbons (Fsp3) is 0.250. The lowest BCUT2D eigenvalue weighted by molar-refractivity contribution is 0.273. The summed E-state index contributed by atoms with van der Waals surface area (Å²) < 4.78 is 78.5. The van der Waals surface area contributed by atoms with Crippen molar-refractivity contribution in [1.29, 1.82) is 0 Å². The van der Waals surface area contributed by atoms with Gasteiger partial charge in [0.25, 0.3) is 0 Å². The van der Waals surface area contributed by atoms with Gasteiger partial charge in [-0.1, -0.05) is 0 Å². The molecular weight excluding hydrogens is 386 g/mol. The van der Waals surface area contributed by atoms with Crippen LogP contribution in [-0.4, -0.2) is 51.6 Å². The zero-order valence-electron chi connectivity index (χ0n) is 13.5. The van der Waals surface area contributed by atoms with E-state index in [1.54, 1.807) is 0 Å². The lowest BCUT2D eigenvalue weighted by atomic mass is 10.4. The molecular formula is C16H16F2N2O4S2. The Hall–Kier alpha value is -1.88. The second-order valence-corrected chi connectivity index (χ2v) is 9.59. The number of sulfonamides is 2. The third-order valence-electron chi connectivity index (χ3n) is 4.10. The molecule has 1 saturated heterocycles. The highest BCUT2D eigenvalue weighted by atomic mass is 32.2. The second-order valence-electron chi connectivity index (χ2n) is 5.72. The highest BCUT2D eigenvalue weighted by molar-refractivity contribution is 7.89. The molecule has 0 N–H and O–H groups in total. The molecule has 26 heavy (non-hydrogen) atoms. The summed E-state index contributed by atoms with van der Waals surface area (Å²) in [6.45, 7) is -0.111. The molecule has 3 rings (SSSR count). The van der Waals surface area contributed by atoms with Crippen molar-refractivity contribution in [3.05, 3.63) is 60.2 Å². The lowest BCUT2D eigenvalue weighted by Gasteiger charge is -2.33. The quantitative estimate of drug-likeness (QED) is 0.780. The number of piperazine rings is 1. The van der Waals surface area contributed by atoms with Gasteiger partial charge in [0.1, 0.15) is 11.6 Å². The number of hydrogen-bond donors (Lipinski definition) is 0. The van der Waals surface area contributed by atoms with Crippen LogP contribution in [0.25, 0.3) is 0 Å². The fourth-order valence-corrected chi connectivity index (χ4v) is 5.51. The van der Waals surface area contributed by atoms with Crippen molar-refractivity contribution < 1.29 is 25.6 Å². The third kappa shape index (κ3) is 3.63. The predicted molar refractivity (Wildman–Crippen MR) is 90.3 cm³/mol. The van der Waals surface area contributed by atoms with Crippen LogP contribution in [0.5, 0.6) is 0 Å². The molecule has 0 radical (unpaired) electrons. The number of halogens is 2. The molecule has 140 valence electrons. The first-order valence-corrected chi connectivity index (χ1v) is 10.6. The predicted octanol–water partition coefficient (Wildman–Crippen LogP) is 1.66. The van der Waals surface area contributed by atoms with Crippen molar-refractivity contribution in [1.82, 2.24) is 8.61 Å². The molecule has 2 aromatic rings. The van der Waals surface area contributed by atoms with Crippen molar-refractivity contribution in [2.45, 2.75) is 9.79 Å². The smallest absolute Gasteiger partial charge is 0.207 e. The van der Waals surface area contributed by atoms with E-state index in [9.17, 15) is 25.6 Å². The van der Waals surface area contributed by atoms with Crippen LogP contribution in [0.4, 0.5) is 8.78 Å². The highest BCUT2D eigenvalue weighted by Gasteiger charge is 2.33. The average Bonchev–Trinajstić information content (AvgIpc) is 2.62. The average molecular weight is 402 g/mol. The van der Waals surface area contributed by atoms with Crippen LogP contribution in [0, 0.1) is 11.6 Å². The van der Waals surface area contributed by atoms with Crippen LogP contribution >= 0.6 is 0 Å². The minimum atomic E-state index is -3.82. The molecule has 0 aromatic heterocycles. The van der Waals surface area contributed by atoms with E-state index in [4.69, 9.17) is 0 Å². The highest BCUT2D eigenvalue weighted by Crippen LogP contribution is 2.22. The van der Waals surface area contributed by atoms with E-state index in [1.807, 2.05) is 0 Å². The van der Waals surface area contributed by atoms with Crippen LogP contribution in [0.1, 0.15) is 0 Å². The van der Waals surface area contributed by atoms with E-state index in [0.717, 1.165) is 32.9 Å². The Labute approximate surface area is 150 Å². The zero-order chi connectivity index (χ0) is 18.9. The molecule has 0 unspecified atom stereocenters. The van der Waals surface area contributed by atoms with E-state index in [0.29, 0.717) is 0 Å². The van der Waals surface area contributed by atoms with Crippen molar-refractivity contribution in [2.75, 3.05) is 26.2 Å².